The maximum atomic E-state index is 11.8. The minimum absolute atomic E-state index is 0.0578. The standard InChI is InChI=1S/C14H22ClN3O2/c1-18(7-3-9-20-2)8-6-14(19)17-13-5-4-11(15)10-12(13)16/h4-5,10H,3,6-9,16H2,1-2H3,(H,17,19). The molecular weight excluding hydrogens is 278 g/mol. The van der Waals surface area contributed by atoms with Crippen LogP contribution in [0.1, 0.15) is 12.8 Å². The van der Waals surface area contributed by atoms with E-state index in [1.54, 1.807) is 25.3 Å². The van der Waals surface area contributed by atoms with E-state index in [4.69, 9.17) is 22.1 Å². The van der Waals surface area contributed by atoms with Crippen LogP contribution in [-0.2, 0) is 9.53 Å². The summed E-state index contributed by atoms with van der Waals surface area (Å²) in [7, 11) is 3.67. The van der Waals surface area contributed by atoms with Crippen LogP contribution >= 0.6 is 11.6 Å². The first kappa shape index (κ1) is 16.8. The van der Waals surface area contributed by atoms with E-state index < -0.39 is 0 Å². The summed E-state index contributed by atoms with van der Waals surface area (Å²) in [5.74, 6) is -0.0578. The van der Waals surface area contributed by atoms with Crippen LogP contribution in [0.15, 0.2) is 18.2 Å². The number of hydrogen-bond donors (Lipinski definition) is 2. The molecule has 0 spiro atoms. The second-order valence-corrected chi connectivity index (χ2v) is 5.12. The zero-order valence-corrected chi connectivity index (χ0v) is 12.7. The number of amides is 1. The maximum absolute atomic E-state index is 11.8. The lowest BCUT2D eigenvalue weighted by Crippen LogP contribution is -2.26. The van der Waals surface area contributed by atoms with Crippen molar-refractivity contribution in [3.05, 3.63) is 23.2 Å². The van der Waals surface area contributed by atoms with Crippen LogP contribution in [0, 0.1) is 0 Å². The summed E-state index contributed by atoms with van der Waals surface area (Å²) < 4.78 is 4.99. The zero-order valence-electron chi connectivity index (χ0n) is 12.0. The SMILES string of the molecule is COCCCN(C)CCC(=O)Nc1ccc(Cl)cc1N. The Labute approximate surface area is 125 Å². The molecule has 0 aliphatic heterocycles. The molecule has 0 fully saturated rings. The average molecular weight is 300 g/mol. The summed E-state index contributed by atoms with van der Waals surface area (Å²) in [4.78, 5) is 13.9. The Morgan fingerprint density at radius 1 is 1.45 bits per heavy atom. The van der Waals surface area contributed by atoms with Crippen LogP contribution in [0.25, 0.3) is 0 Å². The maximum Gasteiger partial charge on any atom is 0.225 e. The van der Waals surface area contributed by atoms with Gasteiger partial charge in [-0.3, -0.25) is 4.79 Å². The van der Waals surface area contributed by atoms with Gasteiger partial charge in [0.15, 0.2) is 0 Å². The molecule has 5 nitrogen and oxygen atoms in total. The smallest absolute Gasteiger partial charge is 0.225 e. The Morgan fingerprint density at radius 3 is 2.85 bits per heavy atom. The lowest BCUT2D eigenvalue weighted by atomic mass is 10.2. The molecule has 0 heterocycles. The molecule has 0 aliphatic rings. The van der Waals surface area contributed by atoms with Gasteiger partial charge in [-0.1, -0.05) is 11.6 Å². The largest absolute Gasteiger partial charge is 0.397 e. The normalized spacial score (nSPS) is 10.8. The third-order valence-corrected chi connectivity index (χ3v) is 3.13. The van der Waals surface area contributed by atoms with Crippen molar-refractivity contribution in [1.82, 2.24) is 4.90 Å². The summed E-state index contributed by atoms with van der Waals surface area (Å²) in [5, 5.41) is 3.34. The van der Waals surface area contributed by atoms with Gasteiger partial charge in [0.25, 0.3) is 0 Å². The van der Waals surface area contributed by atoms with Gasteiger partial charge in [0, 0.05) is 38.2 Å². The number of carbonyl (C=O) groups is 1. The molecule has 0 radical (unpaired) electrons. The number of methoxy groups -OCH3 is 1. The van der Waals surface area contributed by atoms with Crippen molar-refractivity contribution in [2.24, 2.45) is 0 Å². The molecule has 1 rings (SSSR count). The van der Waals surface area contributed by atoms with Crippen LogP contribution in [0.4, 0.5) is 11.4 Å². The minimum Gasteiger partial charge on any atom is -0.397 e. The Morgan fingerprint density at radius 2 is 2.20 bits per heavy atom. The van der Waals surface area contributed by atoms with Gasteiger partial charge >= 0.3 is 0 Å². The van der Waals surface area contributed by atoms with Crippen molar-refractivity contribution >= 4 is 28.9 Å². The van der Waals surface area contributed by atoms with Crippen molar-refractivity contribution in [1.29, 1.82) is 0 Å². The lowest BCUT2D eigenvalue weighted by Gasteiger charge is -2.16. The summed E-state index contributed by atoms with van der Waals surface area (Å²) in [6.45, 7) is 2.34. The minimum atomic E-state index is -0.0578. The highest BCUT2D eigenvalue weighted by Gasteiger charge is 2.07. The van der Waals surface area contributed by atoms with Gasteiger partial charge in [0.1, 0.15) is 0 Å². The number of halogens is 1. The molecule has 1 aromatic carbocycles. The zero-order chi connectivity index (χ0) is 15.0. The monoisotopic (exact) mass is 299 g/mol. The van der Waals surface area contributed by atoms with Crippen LogP contribution in [0.3, 0.4) is 0 Å². The molecule has 0 aromatic heterocycles. The number of hydrogen-bond acceptors (Lipinski definition) is 4. The molecule has 112 valence electrons. The van der Waals surface area contributed by atoms with Gasteiger partial charge in [-0.05, 0) is 31.7 Å². The predicted molar refractivity (Wildman–Crippen MR) is 83.1 cm³/mol. The van der Waals surface area contributed by atoms with Crippen LogP contribution in [0.5, 0.6) is 0 Å². The predicted octanol–water partition coefficient (Wildman–Crippen LogP) is 2.22. The number of nitrogens with zero attached hydrogens (tertiary/aromatic N) is 1. The lowest BCUT2D eigenvalue weighted by molar-refractivity contribution is -0.116. The van der Waals surface area contributed by atoms with Crippen molar-refractivity contribution in [3.8, 4) is 0 Å². The molecule has 0 saturated heterocycles. The topological polar surface area (TPSA) is 67.6 Å². The first-order chi connectivity index (χ1) is 9.52. The van der Waals surface area contributed by atoms with Crippen molar-refractivity contribution in [2.45, 2.75) is 12.8 Å². The number of ether oxygens (including phenoxy) is 1. The molecule has 0 aliphatic carbocycles. The molecule has 0 unspecified atom stereocenters. The van der Waals surface area contributed by atoms with Gasteiger partial charge in [-0.25, -0.2) is 0 Å². The van der Waals surface area contributed by atoms with E-state index >= 15 is 0 Å². The number of carbonyl (C=O) groups excluding carboxylic acids is 1. The fraction of sp³-hybridized carbons (Fsp3) is 0.500. The van der Waals surface area contributed by atoms with E-state index in [1.807, 2.05) is 7.05 Å². The van der Waals surface area contributed by atoms with Crippen molar-refractivity contribution < 1.29 is 9.53 Å². The van der Waals surface area contributed by atoms with Gasteiger partial charge in [-0.2, -0.15) is 0 Å². The Kier molecular flexibility index (Phi) is 7.36. The summed E-state index contributed by atoms with van der Waals surface area (Å²) in [6, 6.07) is 5.02. The first-order valence-corrected chi connectivity index (χ1v) is 6.93. The Hall–Kier alpha value is -1.30. The van der Waals surface area contributed by atoms with Gasteiger partial charge in [0.2, 0.25) is 5.91 Å². The van der Waals surface area contributed by atoms with Gasteiger partial charge in [-0.15, -0.1) is 0 Å². The van der Waals surface area contributed by atoms with Crippen molar-refractivity contribution in [2.75, 3.05) is 44.9 Å². The van der Waals surface area contributed by atoms with E-state index in [0.29, 0.717) is 29.4 Å². The van der Waals surface area contributed by atoms with Crippen molar-refractivity contribution in [3.63, 3.8) is 0 Å². The molecule has 6 heteroatoms. The molecule has 20 heavy (non-hydrogen) atoms. The highest BCUT2D eigenvalue weighted by Crippen LogP contribution is 2.22. The molecule has 0 atom stereocenters. The fourth-order valence-electron chi connectivity index (χ4n) is 1.74. The summed E-state index contributed by atoms with van der Waals surface area (Å²) >= 11 is 5.81. The van der Waals surface area contributed by atoms with Crippen LogP contribution < -0.4 is 11.1 Å². The number of nitrogens with one attached hydrogen (secondary N) is 1. The third kappa shape index (κ3) is 6.23. The van der Waals surface area contributed by atoms with Crippen LogP contribution in [-0.4, -0.2) is 44.7 Å². The van der Waals surface area contributed by atoms with E-state index in [0.717, 1.165) is 19.6 Å². The molecule has 1 amide bonds. The number of benzene rings is 1. The molecular formula is C14H22ClN3O2. The highest BCUT2D eigenvalue weighted by atomic mass is 35.5. The van der Waals surface area contributed by atoms with Gasteiger partial charge in [0.05, 0.1) is 11.4 Å². The average Bonchev–Trinajstić information content (AvgIpc) is 2.40. The third-order valence-electron chi connectivity index (χ3n) is 2.90. The summed E-state index contributed by atoms with van der Waals surface area (Å²) in [6.07, 6.45) is 1.38. The molecule has 3 N–H and O–H groups in total. The highest BCUT2D eigenvalue weighted by molar-refractivity contribution is 6.31. The van der Waals surface area contributed by atoms with Crippen LogP contribution in [0.2, 0.25) is 5.02 Å². The Bertz CT molecular complexity index is 440. The van der Waals surface area contributed by atoms with E-state index in [-0.39, 0.29) is 5.91 Å². The molecule has 0 saturated carbocycles. The second kappa shape index (κ2) is 8.79. The van der Waals surface area contributed by atoms with E-state index in [1.165, 1.54) is 0 Å². The number of nitrogen functional groups attached to an aromatic ring is 1. The quantitative estimate of drug-likeness (QED) is 0.570. The van der Waals surface area contributed by atoms with Gasteiger partial charge < -0.3 is 20.7 Å². The second-order valence-electron chi connectivity index (χ2n) is 4.68. The van der Waals surface area contributed by atoms with E-state index in [2.05, 4.69) is 10.2 Å². The number of nitrogens with two attached hydrogens (primary N) is 1. The number of anilines is 2. The first-order valence-electron chi connectivity index (χ1n) is 6.55. The molecule has 1 aromatic rings. The van der Waals surface area contributed by atoms with E-state index in [9.17, 15) is 4.79 Å². The summed E-state index contributed by atoms with van der Waals surface area (Å²) in [5.41, 5.74) is 6.85. The molecule has 0 bridgehead atoms. The fourth-order valence-corrected chi connectivity index (χ4v) is 1.92. The Balaban J connectivity index is 2.33. The number of rotatable bonds is 8.